The molecule has 0 radical (unpaired) electrons. The van der Waals surface area contributed by atoms with Gasteiger partial charge in [0.05, 0.1) is 0 Å². The van der Waals surface area contributed by atoms with E-state index in [0.29, 0.717) is 12.5 Å². The van der Waals surface area contributed by atoms with Crippen LogP contribution in [-0.4, -0.2) is 19.1 Å². The highest BCUT2D eigenvalue weighted by Crippen LogP contribution is 2.31. The normalized spacial score (nSPS) is 17.7. The van der Waals surface area contributed by atoms with E-state index in [-0.39, 0.29) is 11.9 Å². The Hall–Kier alpha value is -1.09. The molecule has 1 aliphatic rings. The third-order valence-corrected chi connectivity index (χ3v) is 4.34. The van der Waals surface area contributed by atoms with Crippen LogP contribution in [0.2, 0.25) is 0 Å². The topological polar surface area (TPSA) is 29.3 Å². The van der Waals surface area contributed by atoms with Gasteiger partial charge in [-0.05, 0) is 37.8 Å². The number of nitrogens with zero attached hydrogens (tertiary/aromatic N) is 1. The van der Waals surface area contributed by atoms with E-state index in [1.807, 2.05) is 13.0 Å². The summed E-state index contributed by atoms with van der Waals surface area (Å²) in [6, 6.07) is 5.96. The van der Waals surface area contributed by atoms with Crippen molar-refractivity contribution in [1.29, 1.82) is 0 Å². The molecular weight excluding hydrogens is 239 g/mol. The molecule has 0 bridgehead atoms. The lowest BCUT2D eigenvalue weighted by Crippen LogP contribution is -2.31. The lowest BCUT2D eigenvalue weighted by atomic mass is 10.0. The van der Waals surface area contributed by atoms with Gasteiger partial charge in [-0.15, -0.1) is 0 Å². The molecule has 106 valence electrons. The first kappa shape index (κ1) is 14.3. The number of benzene rings is 1. The fourth-order valence-corrected chi connectivity index (χ4v) is 2.97. The highest BCUT2D eigenvalue weighted by atomic mass is 19.1. The standard InChI is InChI=1S/C16H25FN2/c1-3-12(18)11-14-15(17)9-6-10-16(14)19(2)13-7-4-5-8-13/h6,9-10,12-13H,3-5,7-8,11,18H2,1-2H3. The van der Waals surface area contributed by atoms with Gasteiger partial charge in [0.1, 0.15) is 5.82 Å². The molecule has 0 spiro atoms. The number of anilines is 1. The number of rotatable bonds is 5. The Morgan fingerprint density at radius 1 is 1.37 bits per heavy atom. The average molecular weight is 264 g/mol. The average Bonchev–Trinajstić information content (AvgIpc) is 2.94. The molecule has 2 nitrogen and oxygen atoms in total. The second-order valence-electron chi connectivity index (χ2n) is 5.66. The number of hydrogen-bond acceptors (Lipinski definition) is 2. The lowest BCUT2D eigenvalue weighted by Gasteiger charge is -2.29. The van der Waals surface area contributed by atoms with Crippen molar-refractivity contribution < 1.29 is 4.39 Å². The summed E-state index contributed by atoms with van der Waals surface area (Å²) >= 11 is 0. The Kier molecular flexibility index (Phi) is 4.81. The first-order chi connectivity index (χ1) is 9.13. The van der Waals surface area contributed by atoms with E-state index in [1.54, 1.807) is 12.1 Å². The van der Waals surface area contributed by atoms with Gasteiger partial charge in [0.15, 0.2) is 0 Å². The lowest BCUT2D eigenvalue weighted by molar-refractivity contribution is 0.572. The molecule has 1 unspecified atom stereocenters. The van der Waals surface area contributed by atoms with Crippen molar-refractivity contribution in [3.05, 3.63) is 29.6 Å². The van der Waals surface area contributed by atoms with Crippen LogP contribution in [0.1, 0.15) is 44.6 Å². The molecule has 3 heteroatoms. The summed E-state index contributed by atoms with van der Waals surface area (Å²) in [5.74, 6) is -0.119. The van der Waals surface area contributed by atoms with Crippen molar-refractivity contribution in [3.8, 4) is 0 Å². The predicted octanol–water partition coefficient (Wildman–Crippen LogP) is 3.48. The van der Waals surface area contributed by atoms with Crippen LogP contribution in [-0.2, 0) is 6.42 Å². The monoisotopic (exact) mass is 264 g/mol. The van der Waals surface area contributed by atoms with Gasteiger partial charge < -0.3 is 10.6 Å². The molecule has 0 saturated heterocycles. The smallest absolute Gasteiger partial charge is 0.128 e. The fourth-order valence-electron chi connectivity index (χ4n) is 2.97. The van der Waals surface area contributed by atoms with Crippen molar-refractivity contribution in [2.75, 3.05) is 11.9 Å². The maximum atomic E-state index is 14.1. The summed E-state index contributed by atoms with van der Waals surface area (Å²) < 4.78 is 14.1. The second kappa shape index (κ2) is 6.38. The van der Waals surface area contributed by atoms with Crippen LogP contribution in [0.5, 0.6) is 0 Å². The molecule has 2 rings (SSSR count). The van der Waals surface area contributed by atoms with Crippen molar-refractivity contribution >= 4 is 5.69 Å². The van der Waals surface area contributed by atoms with Crippen molar-refractivity contribution in [2.24, 2.45) is 5.73 Å². The van der Waals surface area contributed by atoms with E-state index in [9.17, 15) is 4.39 Å². The van der Waals surface area contributed by atoms with Gasteiger partial charge in [0.2, 0.25) is 0 Å². The van der Waals surface area contributed by atoms with Gasteiger partial charge in [-0.3, -0.25) is 0 Å². The van der Waals surface area contributed by atoms with Crippen LogP contribution in [0.25, 0.3) is 0 Å². The van der Waals surface area contributed by atoms with Crippen LogP contribution >= 0.6 is 0 Å². The molecule has 1 atom stereocenters. The quantitative estimate of drug-likeness (QED) is 0.882. The first-order valence-corrected chi connectivity index (χ1v) is 7.39. The molecule has 2 N–H and O–H groups in total. The molecule has 0 aromatic heterocycles. The summed E-state index contributed by atoms with van der Waals surface area (Å²) in [6.45, 7) is 2.05. The van der Waals surface area contributed by atoms with Gasteiger partial charge in [0.25, 0.3) is 0 Å². The van der Waals surface area contributed by atoms with E-state index in [2.05, 4.69) is 11.9 Å². The molecule has 1 aromatic carbocycles. The molecule has 19 heavy (non-hydrogen) atoms. The van der Waals surface area contributed by atoms with Crippen molar-refractivity contribution in [3.63, 3.8) is 0 Å². The summed E-state index contributed by atoms with van der Waals surface area (Å²) in [6.07, 6.45) is 6.50. The number of halogens is 1. The summed E-state index contributed by atoms with van der Waals surface area (Å²) in [7, 11) is 2.09. The Bertz CT molecular complexity index is 413. The zero-order valence-corrected chi connectivity index (χ0v) is 12.0. The van der Waals surface area contributed by atoms with Crippen molar-refractivity contribution in [1.82, 2.24) is 0 Å². The molecule has 1 saturated carbocycles. The highest BCUT2D eigenvalue weighted by molar-refractivity contribution is 5.55. The zero-order valence-electron chi connectivity index (χ0n) is 12.0. The minimum Gasteiger partial charge on any atom is -0.371 e. The fraction of sp³-hybridized carbons (Fsp3) is 0.625. The Labute approximate surface area is 115 Å². The summed E-state index contributed by atoms with van der Waals surface area (Å²) in [5.41, 5.74) is 7.82. The summed E-state index contributed by atoms with van der Waals surface area (Å²) in [4.78, 5) is 2.26. The van der Waals surface area contributed by atoms with E-state index in [0.717, 1.165) is 17.7 Å². The second-order valence-corrected chi connectivity index (χ2v) is 5.66. The van der Waals surface area contributed by atoms with Gasteiger partial charge in [-0.25, -0.2) is 4.39 Å². The minimum atomic E-state index is -0.119. The minimum absolute atomic E-state index is 0.0348. The molecule has 1 fully saturated rings. The van der Waals surface area contributed by atoms with Crippen LogP contribution in [0.15, 0.2) is 18.2 Å². The molecule has 1 aromatic rings. The van der Waals surface area contributed by atoms with Gasteiger partial charge in [-0.2, -0.15) is 0 Å². The number of nitrogens with two attached hydrogens (primary N) is 1. The van der Waals surface area contributed by atoms with Crippen LogP contribution in [0.4, 0.5) is 10.1 Å². The third-order valence-electron chi connectivity index (χ3n) is 4.34. The molecule has 0 aliphatic heterocycles. The Morgan fingerprint density at radius 2 is 2.05 bits per heavy atom. The van der Waals surface area contributed by atoms with Crippen LogP contribution < -0.4 is 10.6 Å². The largest absolute Gasteiger partial charge is 0.371 e. The highest BCUT2D eigenvalue weighted by Gasteiger charge is 2.23. The number of hydrogen-bond donors (Lipinski definition) is 1. The predicted molar refractivity (Wildman–Crippen MR) is 79.0 cm³/mol. The Balaban J connectivity index is 2.25. The van der Waals surface area contributed by atoms with Gasteiger partial charge >= 0.3 is 0 Å². The SMILES string of the molecule is CCC(N)Cc1c(F)cccc1N(C)C1CCCC1. The third kappa shape index (κ3) is 3.27. The van der Waals surface area contributed by atoms with Crippen molar-refractivity contribution in [2.45, 2.75) is 57.5 Å². The molecule has 1 aliphatic carbocycles. The molecule has 0 amide bonds. The van der Waals surface area contributed by atoms with E-state index in [4.69, 9.17) is 5.73 Å². The molecule has 0 heterocycles. The van der Waals surface area contributed by atoms with Crippen LogP contribution in [0, 0.1) is 5.82 Å². The molecular formula is C16H25FN2. The summed E-state index contributed by atoms with van der Waals surface area (Å²) in [5, 5.41) is 0. The van der Waals surface area contributed by atoms with E-state index >= 15 is 0 Å². The van der Waals surface area contributed by atoms with Crippen LogP contribution in [0.3, 0.4) is 0 Å². The maximum Gasteiger partial charge on any atom is 0.128 e. The zero-order chi connectivity index (χ0) is 13.8. The maximum absolute atomic E-state index is 14.1. The Morgan fingerprint density at radius 3 is 2.68 bits per heavy atom. The first-order valence-electron chi connectivity index (χ1n) is 7.39. The van der Waals surface area contributed by atoms with Gasteiger partial charge in [-0.1, -0.05) is 25.8 Å². The van der Waals surface area contributed by atoms with E-state index in [1.165, 1.54) is 25.7 Å². The van der Waals surface area contributed by atoms with E-state index < -0.39 is 0 Å². The van der Waals surface area contributed by atoms with Gasteiger partial charge in [0, 0.05) is 30.4 Å².